The molecule has 0 amide bonds. The molecule has 1 aliphatic rings. The third-order valence-corrected chi connectivity index (χ3v) is 4.12. The second-order valence-electron chi connectivity index (χ2n) is 5.92. The molecule has 1 aromatic rings. The molecule has 0 saturated carbocycles. The lowest BCUT2D eigenvalue weighted by Gasteiger charge is -2.27. The Hall–Kier alpha value is -1.26. The van der Waals surface area contributed by atoms with Crippen LogP contribution >= 0.6 is 0 Å². The van der Waals surface area contributed by atoms with E-state index in [1.807, 2.05) is 31.2 Å². The first kappa shape index (κ1) is 16.1. The van der Waals surface area contributed by atoms with Gasteiger partial charge in [0.05, 0.1) is 26.8 Å². The van der Waals surface area contributed by atoms with Crippen molar-refractivity contribution in [2.24, 2.45) is 0 Å². The quantitative estimate of drug-likeness (QED) is 0.642. The summed E-state index contributed by atoms with van der Waals surface area (Å²) in [6.07, 6.45) is 2.38. The predicted octanol–water partition coefficient (Wildman–Crippen LogP) is -0.342. The maximum Gasteiger partial charge on any atom is 0.127 e. The van der Waals surface area contributed by atoms with Gasteiger partial charge in [-0.15, -0.1) is 0 Å². The van der Waals surface area contributed by atoms with Crippen LogP contribution in [-0.4, -0.2) is 53.0 Å². The molecule has 1 aliphatic heterocycles. The van der Waals surface area contributed by atoms with E-state index in [2.05, 4.69) is 7.05 Å². The molecule has 0 aliphatic carbocycles. The smallest absolute Gasteiger partial charge is 0.127 e. The number of nitrogens with one attached hydrogen (secondary N) is 2. The molecule has 0 atom stereocenters. The number of rotatable bonds is 8. The highest BCUT2D eigenvalue weighted by atomic mass is 16.5. The van der Waals surface area contributed by atoms with E-state index in [-0.39, 0.29) is 0 Å². The fourth-order valence-electron chi connectivity index (χ4n) is 2.77. The van der Waals surface area contributed by atoms with Crippen LogP contribution in [0.3, 0.4) is 0 Å². The molecule has 21 heavy (non-hydrogen) atoms. The third kappa shape index (κ3) is 5.94. The van der Waals surface area contributed by atoms with Gasteiger partial charge in [0.1, 0.15) is 37.7 Å². The van der Waals surface area contributed by atoms with Gasteiger partial charge in [0.2, 0.25) is 0 Å². The summed E-state index contributed by atoms with van der Waals surface area (Å²) in [4.78, 5) is 3.44. The molecule has 0 unspecified atom stereocenters. The summed E-state index contributed by atoms with van der Waals surface area (Å²) < 4.78 is 11.3. The van der Waals surface area contributed by atoms with Crippen molar-refractivity contribution in [2.45, 2.75) is 19.8 Å². The van der Waals surface area contributed by atoms with Gasteiger partial charge < -0.3 is 19.3 Å². The monoisotopic (exact) mass is 294 g/mol. The number of benzene rings is 1. The number of quaternary nitrogens is 2. The standard InChI is InChI=1S/C17H28N2O2/c1-3-20-16-7-6-8-17(15-16)21-14-5-4-9-19-12-10-18(2)11-13-19/h6-8,15H,3-5,9-14H2,1-2H3/p+2. The zero-order chi connectivity index (χ0) is 14.9. The number of hydrogen-bond acceptors (Lipinski definition) is 2. The highest BCUT2D eigenvalue weighted by molar-refractivity contribution is 5.32. The second kappa shape index (κ2) is 8.90. The minimum atomic E-state index is 0.693. The fraction of sp³-hybridized carbons (Fsp3) is 0.647. The summed E-state index contributed by atoms with van der Waals surface area (Å²) in [6, 6.07) is 7.92. The molecule has 1 fully saturated rings. The Morgan fingerprint density at radius 2 is 1.71 bits per heavy atom. The number of piperazine rings is 1. The third-order valence-electron chi connectivity index (χ3n) is 4.12. The summed E-state index contributed by atoms with van der Waals surface area (Å²) >= 11 is 0. The van der Waals surface area contributed by atoms with E-state index in [9.17, 15) is 0 Å². The van der Waals surface area contributed by atoms with Crippen LogP contribution in [0.15, 0.2) is 24.3 Å². The lowest BCUT2D eigenvalue weighted by molar-refractivity contribution is -1.00. The first-order valence-electron chi connectivity index (χ1n) is 8.28. The van der Waals surface area contributed by atoms with E-state index in [1.54, 1.807) is 9.80 Å². The topological polar surface area (TPSA) is 27.3 Å². The summed E-state index contributed by atoms with van der Waals surface area (Å²) in [6.45, 7) is 10.1. The van der Waals surface area contributed by atoms with Crippen molar-refractivity contribution in [2.75, 3.05) is 53.0 Å². The molecule has 0 spiro atoms. The van der Waals surface area contributed by atoms with Gasteiger partial charge in [-0.3, -0.25) is 0 Å². The molecular formula is C17H30N2O2+2. The Kier molecular flexibility index (Phi) is 6.83. The van der Waals surface area contributed by atoms with Crippen LogP contribution in [0.25, 0.3) is 0 Å². The Morgan fingerprint density at radius 1 is 1.00 bits per heavy atom. The van der Waals surface area contributed by atoms with Crippen LogP contribution in [0.5, 0.6) is 11.5 Å². The van der Waals surface area contributed by atoms with Gasteiger partial charge in [0.15, 0.2) is 0 Å². The molecule has 0 aromatic heterocycles. The van der Waals surface area contributed by atoms with Gasteiger partial charge in [0.25, 0.3) is 0 Å². The molecule has 2 rings (SSSR count). The molecule has 118 valence electrons. The van der Waals surface area contributed by atoms with E-state index in [4.69, 9.17) is 9.47 Å². The molecule has 0 radical (unpaired) electrons. The van der Waals surface area contributed by atoms with Crippen LogP contribution < -0.4 is 19.3 Å². The summed E-state index contributed by atoms with van der Waals surface area (Å²) in [5, 5.41) is 0. The Balaban J connectivity index is 1.58. The van der Waals surface area contributed by atoms with Gasteiger partial charge >= 0.3 is 0 Å². The summed E-state index contributed by atoms with van der Waals surface area (Å²) in [7, 11) is 2.29. The molecule has 1 aromatic carbocycles. The number of hydrogen-bond donors (Lipinski definition) is 2. The number of ether oxygens (including phenoxy) is 2. The maximum atomic E-state index is 5.81. The SMILES string of the molecule is CCOc1cccc(OCCCC[NH+]2CC[NH+](C)CC2)c1. The van der Waals surface area contributed by atoms with E-state index in [0.717, 1.165) is 24.5 Å². The van der Waals surface area contributed by atoms with Crippen LogP contribution in [0, 0.1) is 0 Å². The van der Waals surface area contributed by atoms with Gasteiger partial charge in [-0.05, 0) is 31.9 Å². The fourth-order valence-corrected chi connectivity index (χ4v) is 2.77. The van der Waals surface area contributed by atoms with Crippen LogP contribution in [0.2, 0.25) is 0 Å². The van der Waals surface area contributed by atoms with Crippen molar-refractivity contribution < 1.29 is 19.3 Å². The zero-order valence-corrected chi connectivity index (χ0v) is 13.5. The number of unbranched alkanes of at least 4 members (excludes halogenated alkanes) is 1. The lowest BCUT2D eigenvalue weighted by atomic mass is 10.2. The first-order valence-corrected chi connectivity index (χ1v) is 8.28. The minimum Gasteiger partial charge on any atom is -0.494 e. The minimum absolute atomic E-state index is 0.693. The summed E-state index contributed by atoms with van der Waals surface area (Å²) in [5.74, 6) is 1.80. The van der Waals surface area contributed by atoms with Crippen molar-refractivity contribution >= 4 is 0 Å². The molecule has 2 N–H and O–H groups in total. The van der Waals surface area contributed by atoms with Crippen molar-refractivity contribution in [3.05, 3.63) is 24.3 Å². The van der Waals surface area contributed by atoms with Crippen LogP contribution in [-0.2, 0) is 0 Å². The van der Waals surface area contributed by atoms with E-state index in [0.29, 0.717) is 6.61 Å². The largest absolute Gasteiger partial charge is 0.494 e. The van der Waals surface area contributed by atoms with Crippen LogP contribution in [0.4, 0.5) is 0 Å². The molecule has 4 heteroatoms. The van der Waals surface area contributed by atoms with Crippen molar-refractivity contribution in [1.82, 2.24) is 0 Å². The number of likely N-dealkylation sites (N-methyl/N-ethyl adjacent to an activating group) is 1. The molecular weight excluding hydrogens is 264 g/mol. The molecule has 1 heterocycles. The highest BCUT2D eigenvalue weighted by Crippen LogP contribution is 2.19. The summed E-state index contributed by atoms with van der Waals surface area (Å²) in [5.41, 5.74) is 0. The Bertz CT molecular complexity index is 404. The average molecular weight is 294 g/mol. The average Bonchev–Trinajstić information content (AvgIpc) is 2.50. The lowest BCUT2D eigenvalue weighted by Crippen LogP contribution is -3.27. The van der Waals surface area contributed by atoms with Crippen LogP contribution in [0.1, 0.15) is 19.8 Å². The first-order chi connectivity index (χ1) is 10.3. The van der Waals surface area contributed by atoms with Crippen molar-refractivity contribution in [3.8, 4) is 11.5 Å². The van der Waals surface area contributed by atoms with Gasteiger partial charge in [0, 0.05) is 6.07 Å². The van der Waals surface area contributed by atoms with E-state index >= 15 is 0 Å². The zero-order valence-electron chi connectivity index (χ0n) is 13.5. The van der Waals surface area contributed by atoms with E-state index < -0.39 is 0 Å². The molecule has 4 nitrogen and oxygen atoms in total. The molecule has 0 bridgehead atoms. The maximum absolute atomic E-state index is 5.81. The molecule has 1 saturated heterocycles. The van der Waals surface area contributed by atoms with Gasteiger partial charge in [-0.2, -0.15) is 0 Å². The predicted molar refractivity (Wildman–Crippen MR) is 84.5 cm³/mol. The van der Waals surface area contributed by atoms with Gasteiger partial charge in [-0.25, -0.2) is 0 Å². The van der Waals surface area contributed by atoms with E-state index in [1.165, 1.54) is 39.1 Å². The van der Waals surface area contributed by atoms with Crippen molar-refractivity contribution in [1.29, 1.82) is 0 Å². The van der Waals surface area contributed by atoms with Gasteiger partial charge in [-0.1, -0.05) is 6.07 Å². The highest BCUT2D eigenvalue weighted by Gasteiger charge is 2.18. The second-order valence-corrected chi connectivity index (χ2v) is 5.92. The normalized spacial score (nSPS) is 22.0. The Morgan fingerprint density at radius 3 is 2.43 bits per heavy atom. The van der Waals surface area contributed by atoms with Crippen molar-refractivity contribution in [3.63, 3.8) is 0 Å². The Labute approximate surface area is 128 Å².